The first-order valence-electron chi connectivity index (χ1n) is 10.4. The number of fused-ring (bicyclic) bond motifs is 1. The minimum atomic E-state index is -1.33. The predicted molar refractivity (Wildman–Crippen MR) is 109 cm³/mol. The third kappa shape index (κ3) is 4.54. The summed E-state index contributed by atoms with van der Waals surface area (Å²) >= 11 is 0. The fourth-order valence-corrected chi connectivity index (χ4v) is 4.34. The Morgan fingerprint density at radius 3 is 2.24 bits per heavy atom. The molecule has 3 amide bonds. The summed E-state index contributed by atoms with van der Waals surface area (Å²) < 4.78 is 81.9. The largest absolute Gasteiger partial charge is 0.339 e. The summed E-state index contributed by atoms with van der Waals surface area (Å²) in [5.74, 6) is -7.47. The number of halogens is 6. The van der Waals surface area contributed by atoms with Gasteiger partial charge in [-0.3, -0.25) is 9.69 Å². The van der Waals surface area contributed by atoms with Crippen molar-refractivity contribution < 1.29 is 35.9 Å². The van der Waals surface area contributed by atoms with Crippen LogP contribution in [0.1, 0.15) is 12.0 Å². The lowest BCUT2D eigenvalue weighted by Gasteiger charge is -2.36. The van der Waals surface area contributed by atoms with Crippen molar-refractivity contribution in [1.29, 1.82) is 0 Å². The van der Waals surface area contributed by atoms with E-state index >= 15 is 0 Å². The molecule has 2 N–H and O–H groups in total. The highest BCUT2D eigenvalue weighted by atomic mass is 19.2. The maximum absolute atomic E-state index is 14.2. The van der Waals surface area contributed by atoms with Crippen LogP contribution in [-0.2, 0) is 11.2 Å². The average Bonchev–Trinajstić information content (AvgIpc) is 3.06. The minimum absolute atomic E-state index is 0.0672. The van der Waals surface area contributed by atoms with Crippen molar-refractivity contribution in [3.63, 3.8) is 0 Å². The Morgan fingerprint density at radius 1 is 0.912 bits per heavy atom. The molecule has 1 unspecified atom stereocenters. The van der Waals surface area contributed by atoms with Crippen molar-refractivity contribution >= 4 is 17.6 Å². The van der Waals surface area contributed by atoms with E-state index in [1.54, 1.807) is 0 Å². The van der Waals surface area contributed by atoms with Crippen LogP contribution in [0.15, 0.2) is 24.3 Å². The zero-order valence-corrected chi connectivity index (χ0v) is 17.7. The predicted octanol–water partition coefficient (Wildman–Crippen LogP) is 2.93. The Labute approximate surface area is 190 Å². The summed E-state index contributed by atoms with van der Waals surface area (Å²) in [5.41, 5.74) is 5.10. The normalized spacial score (nSPS) is 19.0. The topological polar surface area (TPSA) is 69.9 Å². The molecule has 2 aromatic rings. The van der Waals surface area contributed by atoms with Gasteiger partial charge in [-0.1, -0.05) is 0 Å². The van der Waals surface area contributed by atoms with Gasteiger partial charge in [-0.15, -0.1) is 0 Å². The van der Waals surface area contributed by atoms with E-state index in [-0.39, 0.29) is 44.6 Å². The van der Waals surface area contributed by atoms with Gasteiger partial charge in [-0.25, -0.2) is 31.1 Å². The van der Waals surface area contributed by atoms with Crippen LogP contribution in [0.25, 0.3) is 0 Å². The lowest BCUT2D eigenvalue weighted by Crippen LogP contribution is -2.54. The molecule has 0 aliphatic carbocycles. The first kappa shape index (κ1) is 23.9. The van der Waals surface area contributed by atoms with E-state index in [1.165, 1.54) is 9.80 Å². The number of benzene rings is 2. The van der Waals surface area contributed by atoms with Crippen LogP contribution in [0.3, 0.4) is 0 Å². The van der Waals surface area contributed by atoms with E-state index in [2.05, 4.69) is 0 Å². The Kier molecular flexibility index (Phi) is 6.43. The van der Waals surface area contributed by atoms with Gasteiger partial charge in [0.05, 0.1) is 12.6 Å². The molecule has 2 aliphatic rings. The van der Waals surface area contributed by atoms with Gasteiger partial charge >= 0.3 is 6.03 Å². The third-order valence-corrected chi connectivity index (χ3v) is 5.97. The summed E-state index contributed by atoms with van der Waals surface area (Å²) in [4.78, 5) is 29.1. The first-order chi connectivity index (χ1) is 16.0. The Bertz CT molecular complexity index is 1120. The zero-order valence-electron chi connectivity index (χ0n) is 17.7. The van der Waals surface area contributed by atoms with Crippen LogP contribution in [0.2, 0.25) is 0 Å². The number of amides is 3. The van der Waals surface area contributed by atoms with Gasteiger partial charge in [-0.05, 0) is 18.1 Å². The first-order valence-corrected chi connectivity index (χ1v) is 10.4. The molecule has 2 fully saturated rings. The molecular formula is C22H20F6N4O2. The number of carbonyl (C=O) groups excluding carboxylic acids is 2. The minimum Gasteiger partial charge on any atom is -0.339 e. The Hall–Kier alpha value is -3.28. The van der Waals surface area contributed by atoms with Gasteiger partial charge in [0.15, 0.2) is 23.3 Å². The van der Waals surface area contributed by atoms with Gasteiger partial charge in [0, 0.05) is 50.3 Å². The number of carbonyl (C=O) groups is 2. The molecule has 0 bridgehead atoms. The maximum atomic E-state index is 14.2. The molecule has 0 saturated carbocycles. The van der Waals surface area contributed by atoms with Crippen molar-refractivity contribution in [2.75, 3.05) is 31.1 Å². The standard InChI is InChI=1S/C22H20F6N4O2/c23-12-5-18(27)21(19(28)6-12)32-10-14-9-30(1-2-31(14)22(32)34)20(33)7-13(29)3-11-4-16(25)17(26)8-15(11)24/h4-6,8,13-14H,1-3,7,9-10,29H2/t13-,14?/m1/s1. The molecule has 2 heterocycles. The van der Waals surface area contributed by atoms with Crippen molar-refractivity contribution in [3.8, 4) is 0 Å². The molecule has 0 radical (unpaired) electrons. The van der Waals surface area contributed by atoms with E-state index in [0.29, 0.717) is 24.3 Å². The van der Waals surface area contributed by atoms with Gasteiger partial charge in [0.25, 0.3) is 0 Å². The van der Waals surface area contributed by atoms with Crippen LogP contribution in [0.4, 0.5) is 36.8 Å². The van der Waals surface area contributed by atoms with Crippen molar-refractivity contribution in [3.05, 3.63) is 64.7 Å². The third-order valence-electron chi connectivity index (χ3n) is 5.97. The SMILES string of the molecule is N[C@@H](CC(=O)N1CCN2C(=O)N(c3c(F)cc(F)cc3F)CC2C1)Cc1cc(F)c(F)cc1F. The lowest BCUT2D eigenvalue weighted by atomic mass is 10.0. The van der Waals surface area contributed by atoms with Gasteiger partial charge < -0.3 is 15.5 Å². The molecule has 2 aromatic carbocycles. The van der Waals surface area contributed by atoms with Gasteiger partial charge in [0.2, 0.25) is 5.91 Å². The monoisotopic (exact) mass is 486 g/mol. The van der Waals surface area contributed by atoms with Crippen molar-refractivity contribution in [2.24, 2.45) is 5.73 Å². The molecule has 0 spiro atoms. The highest BCUT2D eigenvalue weighted by Gasteiger charge is 2.43. The Balaban J connectivity index is 1.40. The molecule has 182 valence electrons. The quantitative estimate of drug-likeness (QED) is 0.522. The second kappa shape index (κ2) is 9.16. The number of hydrogen-bond acceptors (Lipinski definition) is 3. The van der Waals surface area contributed by atoms with E-state index < -0.39 is 64.6 Å². The molecule has 2 saturated heterocycles. The lowest BCUT2D eigenvalue weighted by molar-refractivity contribution is -0.133. The fraction of sp³-hybridized carbons (Fsp3) is 0.364. The smallest absolute Gasteiger partial charge is 0.325 e. The van der Waals surface area contributed by atoms with E-state index in [0.717, 1.165) is 4.90 Å². The van der Waals surface area contributed by atoms with Crippen LogP contribution >= 0.6 is 0 Å². The van der Waals surface area contributed by atoms with Gasteiger partial charge in [0.1, 0.15) is 17.3 Å². The number of urea groups is 1. The van der Waals surface area contributed by atoms with Crippen LogP contribution in [0.5, 0.6) is 0 Å². The van der Waals surface area contributed by atoms with E-state index in [4.69, 9.17) is 5.73 Å². The molecule has 0 aromatic heterocycles. The molecule has 34 heavy (non-hydrogen) atoms. The molecule has 2 atom stereocenters. The highest BCUT2D eigenvalue weighted by Crippen LogP contribution is 2.31. The zero-order chi connectivity index (χ0) is 24.7. The summed E-state index contributed by atoms with van der Waals surface area (Å²) in [5, 5.41) is 0. The molecule has 12 heteroatoms. The Morgan fingerprint density at radius 2 is 1.56 bits per heavy atom. The summed E-state index contributed by atoms with van der Waals surface area (Å²) in [6.07, 6.45) is -0.419. The van der Waals surface area contributed by atoms with Crippen LogP contribution < -0.4 is 10.6 Å². The summed E-state index contributed by atoms with van der Waals surface area (Å²) in [7, 11) is 0. The molecule has 6 nitrogen and oxygen atoms in total. The van der Waals surface area contributed by atoms with Crippen LogP contribution in [0, 0.1) is 34.9 Å². The number of anilines is 1. The van der Waals surface area contributed by atoms with E-state index in [9.17, 15) is 35.9 Å². The highest BCUT2D eigenvalue weighted by molar-refractivity contribution is 5.95. The van der Waals surface area contributed by atoms with Crippen LogP contribution in [-0.4, -0.2) is 60.0 Å². The van der Waals surface area contributed by atoms with Gasteiger partial charge in [-0.2, -0.15) is 0 Å². The second-order valence-corrected chi connectivity index (χ2v) is 8.32. The molecular weight excluding hydrogens is 466 g/mol. The second-order valence-electron chi connectivity index (χ2n) is 8.32. The number of rotatable bonds is 5. The van der Waals surface area contributed by atoms with Crippen molar-refractivity contribution in [2.45, 2.75) is 24.9 Å². The average molecular weight is 486 g/mol. The van der Waals surface area contributed by atoms with E-state index in [1.807, 2.05) is 0 Å². The fourth-order valence-electron chi connectivity index (χ4n) is 4.34. The number of piperazine rings is 1. The molecule has 2 aliphatic heterocycles. The van der Waals surface area contributed by atoms with Crippen molar-refractivity contribution in [1.82, 2.24) is 9.80 Å². The number of nitrogens with two attached hydrogens (primary N) is 1. The summed E-state index contributed by atoms with van der Waals surface area (Å²) in [6, 6.07) is -0.0321. The summed E-state index contributed by atoms with van der Waals surface area (Å²) in [6.45, 7) is 0.185. The number of hydrogen-bond donors (Lipinski definition) is 1. The maximum Gasteiger partial charge on any atom is 0.325 e. The number of nitrogens with zero attached hydrogens (tertiary/aromatic N) is 3. The molecule has 4 rings (SSSR count).